The highest BCUT2D eigenvalue weighted by molar-refractivity contribution is 7.28. The quantitative estimate of drug-likeness (QED) is 0.424. The highest BCUT2D eigenvalue weighted by Gasteiger charge is 1.92. The van der Waals surface area contributed by atoms with E-state index in [9.17, 15) is 4.39 Å². The molecule has 0 aliphatic rings. The number of nitrogens with two attached hydrogens (primary N) is 1. The van der Waals surface area contributed by atoms with Crippen LogP contribution in [0.2, 0.25) is 0 Å². The Morgan fingerprint density at radius 1 is 1.44 bits per heavy atom. The van der Waals surface area contributed by atoms with E-state index in [0.29, 0.717) is 11.0 Å². The molecule has 0 aliphatic carbocycles. The molecule has 1 rings (SSSR count). The second-order valence-corrected chi connectivity index (χ2v) is 2.40. The van der Waals surface area contributed by atoms with E-state index in [0.717, 1.165) is 0 Å². The predicted molar refractivity (Wildman–Crippen MR) is 40.2 cm³/mol. The van der Waals surface area contributed by atoms with Crippen LogP contribution in [0, 0.1) is 5.82 Å². The monoisotopic (exact) mass is 143 g/mol. The number of nitrogen functional groups attached to an aromatic ring is 1. The minimum Gasteiger partial charge on any atom is -0.398 e. The molecule has 1 aromatic carbocycles. The van der Waals surface area contributed by atoms with Crippen LogP contribution >= 0.6 is 9.24 Å². The molecule has 48 valence electrons. The summed E-state index contributed by atoms with van der Waals surface area (Å²) in [7, 11) is 2.36. The molecule has 0 saturated heterocycles. The van der Waals surface area contributed by atoms with E-state index >= 15 is 0 Å². The highest BCUT2D eigenvalue weighted by Crippen LogP contribution is 2.04. The predicted octanol–water partition coefficient (Wildman–Crippen LogP) is 0.908. The van der Waals surface area contributed by atoms with Crippen LogP contribution in [0.3, 0.4) is 0 Å². The number of hydrogen-bond acceptors (Lipinski definition) is 1. The Morgan fingerprint density at radius 2 is 2.11 bits per heavy atom. The molecule has 0 heterocycles. The van der Waals surface area contributed by atoms with Crippen LogP contribution in [0.5, 0.6) is 0 Å². The van der Waals surface area contributed by atoms with E-state index in [1.54, 1.807) is 0 Å². The Bertz CT molecular complexity index is 224. The van der Waals surface area contributed by atoms with Crippen LogP contribution < -0.4 is 11.0 Å². The maximum Gasteiger partial charge on any atom is 0.123 e. The summed E-state index contributed by atoms with van der Waals surface area (Å²) in [5.74, 6) is -0.255. The highest BCUT2D eigenvalue weighted by atomic mass is 31.0. The normalized spacial score (nSPS) is 9.56. The number of anilines is 1. The molecule has 3 heteroatoms. The fraction of sp³-hybridized carbons (Fsp3) is 0. The first-order chi connectivity index (χ1) is 4.20. The van der Waals surface area contributed by atoms with E-state index in [1.165, 1.54) is 18.2 Å². The van der Waals surface area contributed by atoms with Gasteiger partial charge in [0.15, 0.2) is 0 Å². The zero-order valence-corrected chi connectivity index (χ0v) is 5.92. The van der Waals surface area contributed by atoms with E-state index in [-0.39, 0.29) is 5.82 Å². The zero-order chi connectivity index (χ0) is 6.85. The fourth-order valence-electron chi connectivity index (χ4n) is 0.546. The lowest BCUT2D eigenvalue weighted by Crippen LogP contribution is -2.00. The van der Waals surface area contributed by atoms with Gasteiger partial charge < -0.3 is 5.73 Å². The third-order valence-electron chi connectivity index (χ3n) is 1.05. The summed E-state index contributed by atoms with van der Waals surface area (Å²) in [6.07, 6.45) is 0. The van der Waals surface area contributed by atoms with Gasteiger partial charge in [0, 0.05) is 5.69 Å². The molecular weight excluding hydrogens is 136 g/mol. The number of halogens is 1. The van der Waals surface area contributed by atoms with Crippen molar-refractivity contribution in [2.75, 3.05) is 5.73 Å². The van der Waals surface area contributed by atoms with Crippen molar-refractivity contribution in [1.29, 1.82) is 0 Å². The number of hydrogen-bond donors (Lipinski definition) is 1. The van der Waals surface area contributed by atoms with E-state index < -0.39 is 0 Å². The molecule has 0 aliphatic heterocycles. The van der Waals surface area contributed by atoms with Gasteiger partial charge in [-0.3, -0.25) is 0 Å². The standard InChI is InChI=1S/C6H7FNP/c7-4-1-2-5(8)6(9)3-4/h1-3H,8-9H2. The second kappa shape index (κ2) is 2.32. The molecule has 0 spiro atoms. The number of benzene rings is 1. The van der Waals surface area contributed by atoms with Gasteiger partial charge in [0.2, 0.25) is 0 Å². The third-order valence-corrected chi connectivity index (χ3v) is 1.55. The Morgan fingerprint density at radius 3 is 2.56 bits per heavy atom. The van der Waals surface area contributed by atoms with Crippen molar-refractivity contribution < 1.29 is 4.39 Å². The van der Waals surface area contributed by atoms with Crippen LogP contribution in [-0.2, 0) is 0 Å². The molecule has 1 aromatic rings. The lowest BCUT2D eigenvalue weighted by Gasteiger charge is -1.96. The van der Waals surface area contributed by atoms with Crippen LogP contribution in [0.15, 0.2) is 18.2 Å². The summed E-state index contributed by atoms with van der Waals surface area (Å²) in [4.78, 5) is 0. The van der Waals surface area contributed by atoms with Crippen LogP contribution in [0.1, 0.15) is 0 Å². The van der Waals surface area contributed by atoms with Crippen molar-refractivity contribution in [2.24, 2.45) is 0 Å². The van der Waals surface area contributed by atoms with Crippen molar-refractivity contribution in [3.05, 3.63) is 24.0 Å². The average Bonchev–Trinajstić information content (AvgIpc) is 1.80. The molecule has 1 atom stereocenters. The van der Waals surface area contributed by atoms with Gasteiger partial charge in [0.05, 0.1) is 0 Å². The molecule has 2 N–H and O–H groups in total. The Labute approximate surface area is 55.3 Å². The van der Waals surface area contributed by atoms with Gasteiger partial charge in [-0.25, -0.2) is 4.39 Å². The third kappa shape index (κ3) is 1.39. The maximum atomic E-state index is 12.3. The Hall–Kier alpha value is -0.620. The molecule has 0 amide bonds. The lowest BCUT2D eigenvalue weighted by atomic mass is 10.3. The zero-order valence-electron chi connectivity index (χ0n) is 4.76. The molecule has 1 nitrogen and oxygen atoms in total. The molecule has 9 heavy (non-hydrogen) atoms. The summed E-state index contributed by atoms with van der Waals surface area (Å²) >= 11 is 0. The fourth-order valence-corrected chi connectivity index (χ4v) is 0.801. The van der Waals surface area contributed by atoms with Gasteiger partial charge in [-0.1, -0.05) is 0 Å². The van der Waals surface area contributed by atoms with Crippen LogP contribution in [0.4, 0.5) is 10.1 Å². The average molecular weight is 143 g/mol. The summed E-state index contributed by atoms with van der Waals surface area (Å²) in [5, 5.41) is 0.704. The lowest BCUT2D eigenvalue weighted by molar-refractivity contribution is 0.629. The summed E-state index contributed by atoms with van der Waals surface area (Å²) in [5.41, 5.74) is 6.00. The minimum absolute atomic E-state index is 0.255. The molecule has 0 bridgehead atoms. The molecule has 1 unspecified atom stereocenters. The second-order valence-electron chi connectivity index (χ2n) is 1.77. The summed E-state index contributed by atoms with van der Waals surface area (Å²) in [6.45, 7) is 0. The van der Waals surface area contributed by atoms with Gasteiger partial charge >= 0.3 is 0 Å². The van der Waals surface area contributed by atoms with E-state index in [1.807, 2.05) is 0 Å². The van der Waals surface area contributed by atoms with E-state index in [2.05, 4.69) is 9.24 Å². The van der Waals surface area contributed by atoms with Gasteiger partial charge in [0.1, 0.15) is 5.82 Å². The molecule has 0 radical (unpaired) electrons. The number of rotatable bonds is 0. The molecule has 0 aromatic heterocycles. The smallest absolute Gasteiger partial charge is 0.123 e. The van der Waals surface area contributed by atoms with Gasteiger partial charge in [-0.2, -0.15) is 0 Å². The first-order valence-corrected chi connectivity index (χ1v) is 3.08. The Balaban J connectivity index is 3.17. The minimum atomic E-state index is -0.255. The summed E-state index contributed by atoms with van der Waals surface area (Å²) < 4.78 is 12.3. The van der Waals surface area contributed by atoms with Gasteiger partial charge in [-0.15, -0.1) is 9.24 Å². The van der Waals surface area contributed by atoms with Crippen molar-refractivity contribution in [3.63, 3.8) is 0 Å². The van der Waals surface area contributed by atoms with Crippen LogP contribution in [-0.4, -0.2) is 0 Å². The van der Waals surface area contributed by atoms with Crippen molar-refractivity contribution in [3.8, 4) is 0 Å². The van der Waals surface area contributed by atoms with Gasteiger partial charge in [0.25, 0.3) is 0 Å². The first-order valence-electron chi connectivity index (χ1n) is 2.50. The maximum absolute atomic E-state index is 12.3. The largest absolute Gasteiger partial charge is 0.398 e. The van der Waals surface area contributed by atoms with Crippen molar-refractivity contribution in [2.45, 2.75) is 0 Å². The van der Waals surface area contributed by atoms with Crippen molar-refractivity contribution >= 4 is 20.2 Å². The summed E-state index contributed by atoms with van der Waals surface area (Å²) in [6, 6.07) is 4.25. The molecule has 0 saturated carbocycles. The molecular formula is C6H7FNP. The van der Waals surface area contributed by atoms with Crippen molar-refractivity contribution in [1.82, 2.24) is 0 Å². The topological polar surface area (TPSA) is 26.0 Å². The Kier molecular flexibility index (Phi) is 1.68. The van der Waals surface area contributed by atoms with Gasteiger partial charge in [-0.05, 0) is 23.5 Å². The SMILES string of the molecule is Nc1ccc(F)cc1P. The van der Waals surface area contributed by atoms with Crippen LogP contribution in [0.25, 0.3) is 0 Å². The van der Waals surface area contributed by atoms with E-state index in [4.69, 9.17) is 5.73 Å². The molecule has 0 fully saturated rings. The first kappa shape index (κ1) is 6.50.